The van der Waals surface area contributed by atoms with Crippen LogP contribution < -0.4 is 4.74 Å². The van der Waals surface area contributed by atoms with E-state index in [1.165, 1.54) is 11.1 Å². The standard InChI is InChI=1S/C19H23N3O3/c1-25-17-6-4-13-3-5-15(9-14(13)10-17)21-7-2-8-22-16(12-21)11-18(20-22)19(23)24/h4,6,10-11,15H,2-3,5,7-9,12H2,1H3,(H,23,24). The number of ether oxygens (including phenoxy) is 1. The number of carboxylic acids is 1. The Bertz CT molecular complexity index is 799. The molecule has 2 aromatic rings. The van der Waals surface area contributed by atoms with Crippen molar-refractivity contribution in [3.05, 3.63) is 46.8 Å². The minimum Gasteiger partial charge on any atom is -0.497 e. The SMILES string of the molecule is COc1ccc2c(c1)CC(N1CCCn3nc(C(=O)O)cc3C1)CC2. The highest BCUT2D eigenvalue weighted by atomic mass is 16.5. The average molecular weight is 341 g/mol. The fraction of sp³-hybridized carbons (Fsp3) is 0.474. The van der Waals surface area contributed by atoms with Crippen LogP contribution in [-0.4, -0.2) is 45.5 Å². The maximum atomic E-state index is 11.2. The molecule has 1 atom stereocenters. The van der Waals surface area contributed by atoms with Crippen molar-refractivity contribution in [2.24, 2.45) is 0 Å². The second-order valence-electron chi connectivity index (χ2n) is 6.90. The first-order valence-electron chi connectivity index (χ1n) is 8.84. The van der Waals surface area contributed by atoms with Crippen LogP contribution in [0, 0.1) is 0 Å². The molecule has 2 heterocycles. The number of aromatic nitrogens is 2. The predicted molar refractivity (Wildman–Crippen MR) is 93.0 cm³/mol. The Hall–Kier alpha value is -2.34. The molecule has 2 aliphatic rings. The van der Waals surface area contributed by atoms with Gasteiger partial charge in [0.05, 0.1) is 12.8 Å². The van der Waals surface area contributed by atoms with Gasteiger partial charge in [-0.05, 0) is 55.0 Å². The van der Waals surface area contributed by atoms with E-state index in [9.17, 15) is 9.90 Å². The molecule has 1 aromatic carbocycles. The first kappa shape index (κ1) is 16.1. The number of rotatable bonds is 3. The maximum Gasteiger partial charge on any atom is 0.356 e. The lowest BCUT2D eigenvalue weighted by Gasteiger charge is -2.34. The molecule has 25 heavy (non-hydrogen) atoms. The number of fused-ring (bicyclic) bond motifs is 2. The van der Waals surface area contributed by atoms with Crippen molar-refractivity contribution in [2.45, 2.75) is 44.8 Å². The van der Waals surface area contributed by atoms with Crippen LogP contribution >= 0.6 is 0 Å². The maximum absolute atomic E-state index is 11.2. The predicted octanol–water partition coefficient (Wildman–Crippen LogP) is 2.35. The number of benzene rings is 1. The smallest absolute Gasteiger partial charge is 0.356 e. The highest BCUT2D eigenvalue weighted by Gasteiger charge is 2.27. The Kier molecular flexibility index (Phi) is 4.21. The highest BCUT2D eigenvalue weighted by Crippen LogP contribution is 2.29. The second-order valence-corrected chi connectivity index (χ2v) is 6.90. The molecule has 1 aliphatic carbocycles. The van der Waals surface area contributed by atoms with Crippen molar-refractivity contribution < 1.29 is 14.6 Å². The van der Waals surface area contributed by atoms with Gasteiger partial charge in [-0.25, -0.2) is 4.79 Å². The molecule has 1 unspecified atom stereocenters. The summed E-state index contributed by atoms with van der Waals surface area (Å²) in [5, 5.41) is 13.4. The summed E-state index contributed by atoms with van der Waals surface area (Å²) in [5.74, 6) is -0.0368. The number of methoxy groups -OCH3 is 1. The summed E-state index contributed by atoms with van der Waals surface area (Å²) < 4.78 is 7.24. The van der Waals surface area contributed by atoms with E-state index in [4.69, 9.17) is 4.74 Å². The Morgan fingerprint density at radius 1 is 1.28 bits per heavy atom. The van der Waals surface area contributed by atoms with Crippen molar-refractivity contribution in [1.29, 1.82) is 0 Å². The molecular formula is C19H23N3O3. The van der Waals surface area contributed by atoms with Crippen molar-refractivity contribution in [3.8, 4) is 5.75 Å². The number of aryl methyl sites for hydroxylation is 2. The molecule has 6 heteroatoms. The van der Waals surface area contributed by atoms with Gasteiger partial charge in [-0.2, -0.15) is 5.10 Å². The van der Waals surface area contributed by atoms with Gasteiger partial charge in [0.2, 0.25) is 0 Å². The van der Waals surface area contributed by atoms with Crippen molar-refractivity contribution in [1.82, 2.24) is 14.7 Å². The number of carbonyl (C=O) groups is 1. The van der Waals surface area contributed by atoms with Crippen LogP contribution in [-0.2, 0) is 25.9 Å². The lowest BCUT2D eigenvalue weighted by molar-refractivity contribution is 0.0689. The Morgan fingerprint density at radius 2 is 2.16 bits per heavy atom. The third kappa shape index (κ3) is 3.14. The number of carboxylic acid groups (broad SMARTS) is 1. The fourth-order valence-electron chi connectivity index (χ4n) is 4.06. The molecule has 0 bridgehead atoms. The third-order valence-electron chi connectivity index (χ3n) is 5.40. The molecule has 1 aliphatic heterocycles. The van der Waals surface area contributed by atoms with Crippen LogP contribution in [0.15, 0.2) is 24.3 Å². The van der Waals surface area contributed by atoms with Gasteiger partial charge in [-0.15, -0.1) is 0 Å². The first-order chi connectivity index (χ1) is 12.1. The van der Waals surface area contributed by atoms with Crippen LogP contribution in [0.5, 0.6) is 5.75 Å². The molecule has 1 aromatic heterocycles. The summed E-state index contributed by atoms with van der Waals surface area (Å²) in [7, 11) is 1.71. The van der Waals surface area contributed by atoms with E-state index >= 15 is 0 Å². The van der Waals surface area contributed by atoms with E-state index in [-0.39, 0.29) is 5.69 Å². The van der Waals surface area contributed by atoms with Crippen LogP contribution in [0.4, 0.5) is 0 Å². The van der Waals surface area contributed by atoms with E-state index in [2.05, 4.69) is 22.1 Å². The monoisotopic (exact) mass is 341 g/mol. The number of aromatic carboxylic acids is 1. The quantitative estimate of drug-likeness (QED) is 0.928. The number of hydrogen-bond donors (Lipinski definition) is 1. The second kappa shape index (κ2) is 6.52. The molecule has 0 spiro atoms. The summed E-state index contributed by atoms with van der Waals surface area (Å²) in [6.45, 7) is 2.58. The molecule has 0 saturated carbocycles. The normalized spacial score (nSPS) is 20.4. The van der Waals surface area contributed by atoms with Gasteiger partial charge in [0.1, 0.15) is 5.75 Å². The van der Waals surface area contributed by atoms with Gasteiger partial charge < -0.3 is 9.84 Å². The number of hydrogen-bond acceptors (Lipinski definition) is 4. The zero-order valence-electron chi connectivity index (χ0n) is 14.4. The van der Waals surface area contributed by atoms with Gasteiger partial charge in [0.15, 0.2) is 5.69 Å². The van der Waals surface area contributed by atoms with Crippen molar-refractivity contribution >= 4 is 5.97 Å². The minimum atomic E-state index is -0.953. The number of nitrogens with zero attached hydrogens (tertiary/aromatic N) is 3. The first-order valence-corrected chi connectivity index (χ1v) is 8.84. The molecule has 132 valence electrons. The molecule has 0 saturated heterocycles. The summed E-state index contributed by atoms with van der Waals surface area (Å²) in [4.78, 5) is 13.7. The fourth-order valence-corrected chi connectivity index (χ4v) is 4.06. The van der Waals surface area contributed by atoms with Gasteiger partial charge in [-0.3, -0.25) is 9.58 Å². The Morgan fingerprint density at radius 3 is 2.96 bits per heavy atom. The van der Waals surface area contributed by atoms with Crippen LogP contribution in [0.2, 0.25) is 0 Å². The summed E-state index contributed by atoms with van der Waals surface area (Å²) in [6.07, 6.45) is 4.24. The van der Waals surface area contributed by atoms with Crippen molar-refractivity contribution in [2.75, 3.05) is 13.7 Å². The van der Waals surface area contributed by atoms with Crippen LogP contribution in [0.3, 0.4) is 0 Å². The molecule has 1 N–H and O–H groups in total. The zero-order valence-corrected chi connectivity index (χ0v) is 14.4. The van der Waals surface area contributed by atoms with Gasteiger partial charge in [0.25, 0.3) is 0 Å². The lowest BCUT2D eigenvalue weighted by Crippen LogP contribution is -2.39. The molecule has 6 nitrogen and oxygen atoms in total. The van der Waals surface area contributed by atoms with Gasteiger partial charge in [-0.1, -0.05) is 6.07 Å². The third-order valence-corrected chi connectivity index (χ3v) is 5.40. The van der Waals surface area contributed by atoms with E-state index in [0.29, 0.717) is 6.04 Å². The van der Waals surface area contributed by atoms with Gasteiger partial charge in [0, 0.05) is 25.7 Å². The Balaban J connectivity index is 1.54. The average Bonchev–Trinajstić information content (AvgIpc) is 2.93. The topological polar surface area (TPSA) is 67.6 Å². The highest BCUT2D eigenvalue weighted by molar-refractivity contribution is 5.85. The molecule has 0 amide bonds. The zero-order chi connectivity index (χ0) is 17.4. The summed E-state index contributed by atoms with van der Waals surface area (Å²) in [6, 6.07) is 8.58. The van der Waals surface area contributed by atoms with Crippen LogP contribution in [0.1, 0.15) is 40.2 Å². The minimum absolute atomic E-state index is 0.149. The van der Waals surface area contributed by atoms with E-state index < -0.39 is 5.97 Å². The van der Waals surface area contributed by atoms with Crippen LogP contribution in [0.25, 0.3) is 0 Å². The van der Waals surface area contributed by atoms with E-state index in [0.717, 1.165) is 56.8 Å². The van der Waals surface area contributed by atoms with Crippen molar-refractivity contribution in [3.63, 3.8) is 0 Å². The molecule has 0 radical (unpaired) electrons. The van der Waals surface area contributed by atoms with Gasteiger partial charge >= 0.3 is 5.97 Å². The molecule has 0 fully saturated rings. The summed E-state index contributed by atoms with van der Waals surface area (Å²) >= 11 is 0. The summed E-state index contributed by atoms with van der Waals surface area (Å²) in [5.41, 5.74) is 3.95. The molecular weight excluding hydrogens is 318 g/mol. The van der Waals surface area contributed by atoms with E-state index in [1.807, 2.05) is 10.7 Å². The lowest BCUT2D eigenvalue weighted by atomic mass is 9.87. The molecule has 4 rings (SSSR count). The van der Waals surface area contributed by atoms with E-state index in [1.54, 1.807) is 13.2 Å². The largest absolute Gasteiger partial charge is 0.497 e. The Labute approximate surface area is 147 Å².